The molecule has 256 valence electrons. The van der Waals surface area contributed by atoms with Gasteiger partial charge in [0.15, 0.2) is 0 Å². The first-order valence-corrected chi connectivity index (χ1v) is 17.9. The van der Waals surface area contributed by atoms with Crippen LogP contribution in [0.5, 0.6) is 5.75 Å². The molecule has 1 aliphatic carbocycles. The predicted molar refractivity (Wildman–Crippen MR) is 165 cm³/mol. The van der Waals surface area contributed by atoms with Crippen molar-refractivity contribution in [3.8, 4) is 5.75 Å². The van der Waals surface area contributed by atoms with Gasteiger partial charge >= 0.3 is 21.6 Å². The Kier molecular flexibility index (Phi) is 11.2. The third-order valence-electron chi connectivity index (χ3n) is 7.74. The third kappa shape index (κ3) is 9.41. The highest BCUT2D eigenvalue weighted by molar-refractivity contribution is 7.88. The molecule has 2 aromatic rings. The lowest BCUT2D eigenvalue weighted by Crippen LogP contribution is -2.55. The highest BCUT2D eigenvalue weighted by Gasteiger charge is 2.50. The molecular weight excluding hydrogens is 668 g/mol. The van der Waals surface area contributed by atoms with Gasteiger partial charge in [-0.25, -0.2) is 17.5 Å². The van der Waals surface area contributed by atoms with Gasteiger partial charge in [-0.15, -0.1) is 0 Å². The lowest BCUT2D eigenvalue weighted by atomic mass is 9.78. The van der Waals surface area contributed by atoms with Crippen LogP contribution < -0.4 is 13.8 Å². The molecule has 1 unspecified atom stereocenters. The van der Waals surface area contributed by atoms with Gasteiger partial charge in [-0.3, -0.25) is 9.59 Å². The van der Waals surface area contributed by atoms with Crippen LogP contribution in [-0.4, -0.2) is 53.1 Å². The molecule has 1 saturated heterocycles. The number of sulfonamides is 1. The van der Waals surface area contributed by atoms with E-state index < -0.39 is 55.4 Å². The number of carbonyl (C=O) groups excluding carboxylic acids is 2. The second-order valence-electron chi connectivity index (χ2n) is 11.3. The smallest absolute Gasteiger partial charge is 0.458 e. The Balaban J connectivity index is 1.56. The second-order valence-corrected chi connectivity index (χ2v) is 14.6. The fourth-order valence-corrected chi connectivity index (χ4v) is 6.49. The van der Waals surface area contributed by atoms with E-state index in [1.807, 2.05) is 0 Å². The monoisotopic (exact) mass is 702 g/mol. The zero-order valence-corrected chi connectivity index (χ0v) is 27.1. The maximum atomic E-state index is 13.6. The van der Waals surface area contributed by atoms with Gasteiger partial charge in [-0.2, -0.15) is 21.6 Å². The number of anilines is 1. The topological polar surface area (TPSA) is 136 Å². The number of alkyl halides is 3. The Morgan fingerprint density at radius 2 is 1.68 bits per heavy atom. The van der Waals surface area contributed by atoms with Gasteiger partial charge in [0.1, 0.15) is 17.7 Å². The minimum absolute atomic E-state index is 0.158. The quantitative estimate of drug-likeness (QED) is 0.0692. The third-order valence-corrected chi connectivity index (χ3v) is 9.45. The molecule has 1 N–H and O–H groups in total. The summed E-state index contributed by atoms with van der Waals surface area (Å²) in [6.45, 7) is 1.51. The van der Waals surface area contributed by atoms with Gasteiger partial charge < -0.3 is 13.8 Å². The van der Waals surface area contributed by atoms with Crippen LogP contribution in [0.4, 0.5) is 23.2 Å². The maximum Gasteiger partial charge on any atom is 0.534 e. The molecule has 1 amide bonds. The van der Waals surface area contributed by atoms with Crippen LogP contribution in [0.1, 0.15) is 56.2 Å². The molecule has 10 nitrogen and oxygen atoms in total. The molecule has 16 heteroatoms. The van der Waals surface area contributed by atoms with Crippen LogP contribution in [0.25, 0.3) is 0 Å². The summed E-state index contributed by atoms with van der Waals surface area (Å²) < 4.78 is 110. The van der Waals surface area contributed by atoms with E-state index in [4.69, 9.17) is 4.74 Å². The Hall–Kier alpha value is -3.76. The zero-order chi connectivity index (χ0) is 34.6. The summed E-state index contributed by atoms with van der Waals surface area (Å²) in [5, 5.41) is 0. The molecule has 2 aliphatic rings. The number of nitrogens with zero attached hydrogens (tertiary/aromatic N) is 1. The Morgan fingerprint density at radius 1 is 1.02 bits per heavy atom. The minimum atomic E-state index is -5.88. The highest BCUT2D eigenvalue weighted by Crippen LogP contribution is 2.46. The SMILES string of the molecule is CC(=O)O[C@@H](CCC1C(=O)N(c2ccc(CCCNS(C)(=O)=O)cc2)[C@@H]1c1ccc(OS(=O)(=O)C(F)(F)F)cc1)C1=CC=C(F)CC1. The first-order valence-electron chi connectivity index (χ1n) is 14.6. The van der Waals surface area contributed by atoms with Gasteiger partial charge in [-0.05, 0) is 79.1 Å². The largest absolute Gasteiger partial charge is 0.534 e. The van der Waals surface area contributed by atoms with E-state index in [9.17, 15) is 44.0 Å². The number of allylic oxidation sites excluding steroid dienone is 3. The highest BCUT2D eigenvalue weighted by atomic mass is 32.2. The fraction of sp³-hybridized carbons (Fsp3) is 0.419. The molecular formula is C31H34F4N2O8S2. The van der Waals surface area contributed by atoms with E-state index in [-0.39, 0.29) is 37.5 Å². The van der Waals surface area contributed by atoms with E-state index in [1.54, 1.807) is 30.3 Å². The summed E-state index contributed by atoms with van der Waals surface area (Å²) in [6.07, 6.45) is 5.34. The number of rotatable bonds is 14. The van der Waals surface area contributed by atoms with Crippen molar-refractivity contribution in [3.63, 3.8) is 0 Å². The lowest BCUT2D eigenvalue weighted by molar-refractivity contribution is -0.145. The molecule has 1 aliphatic heterocycles. The van der Waals surface area contributed by atoms with Crippen molar-refractivity contribution in [2.75, 3.05) is 17.7 Å². The first kappa shape index (κ1) is 36.1. The van der Waals surface area contributed by atoms with Gasteiger partial charge in [-0.1, -0.05) is 30.3 Å². The van der Waals surface area contributed by atoms with Gasteiger partial charge in [0.05, 0.1) is 18.2 Å². The number of amides is 1. The van der Waals surface area contributed by atoms with Crippen molar-refractivity contribution in [2.45, 2.75) is 63.1 Å². The number of ether oxygens (including phenoxy) is 1. The molecule has 0 saturated carbocycles. The van der Waals surface area contributed by atoms with E-state index in [0.29, 0.717) is 36.1 Å². The number of β-lactam (4-membered cyclic amide) rings is 1. The van der Waals surface area contributed by atoms with Crippen LogP contribution in [0.3, 0.4) is 0 Å². The van der Waals surface area contributed by atoms with Crippen LogP contribution in [0.15, 0.2) is 72.1 Å². The van der Waals surface area contributed by atoms with Crippen molar-refractivity contribution in [1.29, 1.82) is 0 Å². The van der Waals surface area contributed by atoms with Crippen molar-refractivity contribution in [2.24, 2.45) is 5.92 Å². The lowest BCUT2D eigenvalue weighted by Gasteiger charge is -2.48. The molecule has 4 rings (SSSR count). The Labute approximate surface area is 270 Å². The van der Waals surface area contributed by atoms with Crippen LogP contribution in [0.2, 0.25) is 0 Å². The second kappa shape index (κ2) is 14.6. The fourth-order valence-electron chi connectivity index (χ4n) is 5.51. The standard InChI is InChI=1S/C31H34F4N2O8S2/c1-20(38)44-28(22-7-11-24(32)12-8-22)18-17-27-29(23-9-15-26(16-10-23)45-47(42,43)31(33,34)35)37(30(27)39)25-13-5-21(6-14-25)4-3-19-36-46(2,40)41/h5-7,9-11,13-16,27-29,36H,3-4,8,12,17-19H2,1-2H3/t27?,28-,29+/m0/s1. The van der Waals surface area contributed by atoms with Gasteiger partial charge in [0.25, 0.3) is 0 Å². The first-order chi connectivity index (χ1) is 21.9. The van der Waals surface area contributed by atoms with Crippen molar-refractivity contribution < 1.29 is 52.9 Å². The van der Waals surface area contributed by atoms with E-state index >= 15 is 0 Å². The number of aryl methyl sites for hydroxylation is 1. The number of halogens is 4. The number of benzene rings is 2. The van der Waals surface area contributed by atoms with Crippen molar-refractivity contribution in [1.82, 2.24) is 4.72 Å². The van der Waals surface area contributed by atoms with Crippen LogP contribution >= 0.6 is 0 Å². The summed E-state index contributed by atoms with van der Waals surface area (Å²) >= 11 is 0. The zero-order valence-electron chi connectivity index (χ0n) is 25.5. The summed E-state index contributed by atoms with van der Waals surface area (Å²) in [6, 6.07) is 11.3. The summed E-state index contributed by atoms with van der Waals surface area (Å²) in [7, 11) is -9.19. The number of hydrogen-bond donors (Lipinski definition) is 1. The molecule has 0 aromatic heterocycles. The summed E-state index contributed by atoms with van der Waals surface area (Å²) in [5.41, 5.74) is -2.99. The van der Waals surface area contributed by atoms with E-state index in [1.165, 1.54) is 30.0 Å². The molecule has 3 atom stereocenters. The number of esters is 1. The maximum absolute atomic E-state index is 13.6. The molecule has 0 spiro atoms. The van der Waals surface area contributed by atoms with Crippen LogP contribution in [0, 0.1) is 5.92 Å². The molecule has 0 radical (unpaired) electrons. The Morgan fingerprint density at radius 3 is 2.23 bits per heavy atom. The van der Waals surface area contributed by atoms with Crippen molar-refractivity contribution >= 4 is 37.7 Å². The number of nitrogens with one attached hydrogen (secondary N) is 1. The van der Waals surface area contributed by atoms with Gasteiger partial charge in [0.2, 0.25) is 15.9 Å². The molecule has 2 aromatic carbocycles. The van der Waals surface area contributed by atoms with E-state index in [2.05, 4.69) is 8.91 Å². The average molecular weight is 703 g/mol. The summed E-state index contributed by atoms with van der Waals surface area (Å²) in [4.78, 5) is 27.0. The predicted octanol–water partition coefficient (Wildman–Crippen LogP) is 5.39. The molecule has 1 heterocycles. The molecule has 1 fully saturated rings. The van der Waals surface area contributed by atoms with E-state index in [0.717, 1.165) is 24.0 Å². The Bertz CT molecular complexity index is 1740. The average Bonchev–Trinajstić information content (AvgIpc) is 2.98. The summed E-state index contributed by atoms with van der Waals surface area (Å²) in [5.74, 6) is -2.30. The van der Waals surface area contributed by atoms with Gasteiger partial charge in [0, 0.05) is 25.6 Å². The molecule has 0 bridgehead atoms. The number of hydrogen-bond acceptors (Lipinski definition) is 8. The van der Waals surface area contributed by atoms with Crippen LogP contribution in [-0.2, 0) is 40.9 Å². The minimum Gasteiger partial charge on any atom is -0.458 e. The van der Waals surface area contributed by atoms with Crippen molar-refractivity contribution in [3.05, 3.63) is 83.2 Å². The number of carbonyl (C=O) groups is 2. The normalized spacial score (nSPS) is 19.4. The molecule has 47 heavy (non-hydrogen) atoms.